The summed E-state index contributed by atoms with van der Waals surface area (Å²) in [6, 6.07) is 12.6. The minimum absolute atomic E-state index is 0.111. The number of benzene rings is 2. The SMILES string of the molecule is CN(C(=O)Oc1cnn(-c2ccc(Cl)cc2)c1C(F)(F)F)c1nc2ccccc2[nH]1. The topological polar surface area (TPSA) is 76.0 Å². The van der Waals surface area contributed by atoms with Gasteiger partial charge in [-0.05, 0) is 36.4 Å². The van der Waals surface area contributed by atoms with Gasteiger partial charge in [0, 0.05) is 12.1 Å². The third kappa shape index (κ3) is 3.69. The van der Waals surface area contributed by atoms with Crippen LogP contribution in [0.25, 0.3) is 16.7 Å². The molecule has 4 aromatic rings. The molecular formula is C19H13ClF3N5O2. The summed E-state index contributed by atoms with van der Waals surface area (Å²) in [5, 5.41) is 4.10. The van der Waals surface area contributed by atoms with E-state index in [9.17, 15) is 18.0 Å². The average molecular weight is 436 g/mol. The molecule has 0 aliphatic heterocycles. The number of rotatable bonds is 3. The van der Waals surface area contributed by atoms with Crippen LogP contribution in [0.15, 0.2) is 54.7 Å². The molecule has 0 saturated heterocycles. The summed E-state index contributed by atoms with van der Waals surface area (Å²) >= 11 is 5.79. The van der Waals surface area contributed by atoms with E-state index in [0.29, 0.717) is 20.7 Å². The lowest BCUT2D eigenvalue weighted by Gasteiger charge is -2.15. The smallest absolute Gasteiger partial charge is 0.406 e. The zero-order valence-corrected chi connectivity index (χ0v) is 16.1. The summed E-state index contributed by atoms with van der Waals surface area (Å²) in [6.45, 7) is 0. The second kappa shape index (κ2) is 7.38. The molecule has 7 nitrogen and oxygen atoms in total. The molecular weight excluding hydrogens is 423 g/mol. The number of nitrogens with one attached hydrogen (secondary N) is 1. The van der Waals surface area contributed by atoms with Gasteiger partial charge in [0.2, 0.25) is 5.95 Å². The number of amides is 1. The molecule has 154 valence electrons. The largest absolute Gasteiger partial charge is 0.437 e. The molecule has 0 fully saturated rings. The van der Waals surface area contributed by atoms with Gasteiger partial charge < -0.3 is 9.72 Å². The fourth-order valence-electron chi connectivity index (χ4n) is 2.79. The van der Waals surface area contributed by atoms with E-state index in [4.69, 9.17) is 16.3 Å². The highest BCUT2D eigenvalue weighted by Gasteiger charge is 2.41. The molecule has 1 amide bonds. The number of carbonyl (C=O) groups excluding carboxylic acids is 1. The number of anilines is 1. The maximum absolute atomic E-state index is 13.7. The summed E-state index contributed by atoms with van der Waals surface area (Å²) < 4.78 is 46.8. The van der Waals surface area contributed by atoms with Crippen LogP contribution in [0.3, 0.4) is 0 Å². The first kappa shape index (κ1) is 19.8. The monoisotopic (exact) mass is 435 g/mol. The van der Waals surface area contributed by atoms with Gasteiger partial charge >= 0.3 is 12.3 Å². The number of alkyl halides is 3. The van der Waals surface area contributed by atoms with Gasteiger partial charge in [0.1, 0.15) is 0 Å². The van der Waals surface area contributed by atoms with E-state index in [1.165, 1.54) is 31.3 Å². The van der Waals surface area contributed by atoms with Gasteiger partial charge in [-0.25, -0.2) is 19.4 Å². The Hall–Kier alpha value is -3.53. The second-order valence-electron chi connectivity index (χ2n) is 6.25. The molecule has 11 heteroatoms. The molecule has 0 saturated carbocycles. The molecule has 0 radical (unpaired) electrons. The van der Waals surface area contributed by atoms with Crippen molar-refractivity contribution in [2.75, 3.05) is 11.9 Å². The molecule has 2 heterocycles. The zero-order valence-electron chi connectivity index (χ0n) is 15.3. The standard InChI is InChI=1S/C19H13ClF3N5O2/c1-27(17-25-13-4-2-3-5-14(13)26-17)18(29)30-15-10-24-28(16(15)19(21,22)23)12-8-6-11(20)7-9-12/h2-10H,1H3,(H,25,26). The lowest BCUT2D eigenvalue weighted by molar-refractivity contribution is -0.143. The van der Waals surface area contributed by atoms with Gasteiger partial charge in [-0.1, -0.05) is 23.7 Å². The number of fused-ring (bicyclic) bond motifs is 1. The quantitative estimate of drug-likeness (QED) is 0.488. The van der Waals surface area contributed by atoms with Crippen molar-refractivity contribution in [2.45, 2.75) is 6.18 Å². The van der Waals surface area contributed by atoms with E-state index < -0.39 is 23.7 Å². The first-order valence-electron chi connectivity index (χ1n) is 8.55. The minimum Gasteiger partial charge on any atom is -0.406 e. The summed E-state index contributed by atoms with van der Waals surface area (Å²) in [4.78, 5) is 20.6. The van der Waals surface area contributed by atoms with Crippen LogP contribution in [0.5, 0.6) is 5.75 Å². The molecule has 2 aromatic carbocycles. The van der Waals surface area contributed by atoms with Crippen LogP contribution in [-0.4, -0.2) is 32.9 Å². The number of H-pyrrole nitrogens is 1. The van der Waals surface area contributed by atoms with Gasteiger partial charge in [0.15, 0.2) is 11.4 Å². The Balaban J connectivity index is 1.65. The number of aromatic nitrogens is 4. The van der Waals surface area contributed by atoms with E-state index in [2.05, 4.69) is 15.1 Å². The number of nitrogens with zero attached hydrogens (tertiary/aromatic N) is 4. The van der Waals surface area contributed by atoms with E-state index in [1.54, 1.807) is 24.3 Å². The van der Waals surface area contributed by atoms with Gasteiger partial charge in [0.25, 0.3) is 0 Å². The normalized spacial score (nSPS) is 11.6. The molecule has 0 bridgehead atoms. The van der Waals surface area contributed by atoms with Crippen LogP contribution in [0.1, 0.15) is 5.69 Å². The predicted molar refractivity (Wildman–Crippen MR) is 104 cm³/mol. The highest BCUT2D eigenvalue weighted by atomic mass is 35.5. The number of hydrogen-bond donors (Lipinski definition) is 1. The van der Waals surface area contributed by atoms with Crippen LogP contribution in [-0.2, 0) is 6.18 Å². The summed E-state index contributed by atoms with van der Waals surface area (Å²) in [6.07, 6.45) is -5.05. The number of aromatic amines is 1. The highest BCUT2D eigenvalue weighted by Crippen LogP contribution is 2.38. The number of hydrogen-bond acceptors (Lipinski definition) is 4. The first-order chi connectivity index (χ1) is 14.2. The van der Waals surface area contributed by atoms with Crippen LogP contribution < -0.4 is 9.64 Å². The van der Waals surface area contributed by atoms with Crippen LogP contribution in [0.4, 0.5) is 23.9 Å². The molecule has 0 spiro atoms. The number of halogens is 4. The Labute approximate surface area is 172 Å². The van der Waals surface area contributed by atoms with Crippen LogP contribution >= 0.6 is 11.6 Å². The molecule has 1 N–H and O–H groups in total. The summed E-state index contributed by atoms with van der Waals surface area (Å²) in [5.74, 6) is -0.606. The molecule has 0 atom stereocenters. The lowest BCUT2D eigenvalue weighted by atomic mass is 10.3. The zero-order chi connectivity index (χ0) is 21.5. The minimum atomic E-state index is -4.83. The van der Waals surface area contributed by atoms with E-state index in [0.717, 1.165) is 11.1 Å². The third-order valence-electron chi connectivity index (χ3n) is 4.24. The third-order valence-corrected chi connectivity index (χ3v) is 4.49. The van der Waals surface area contributed by atoms with E-state index in [1.807, 2.05) is 0 Å². The van der Waals surface area contributed by atoms with Crippen LogP contribution in [0.2, 0.25) is 5.02 Å². The molecule has 30 heavy (non-hydrogen) atoms. The number of carbonyl (C=O) groups is 1. The first-order valence-corrected chi connectivity index (χ1v) is 8.93. The van der Waals surface area contributed by atoms with Gasteiger partial charge in [-0.3, -0.25) is 0 Å². The Morgan fingerprint density at radius 2 is 1.87 bits per heavy atom. The number of imidazole rings is 1. The van der Waals surface area contributed by atoms with Gasteiger partial charge in [-0.15, -0.1) is 0 Å². The maximum atomic E-state index is 13.7. The van der Waals surface area contributed by atoms with Gasteiger partial charge in [0.05, 0.1) is 22.9 Å². The Bertz CT molecular complexity index is 1180. The Morgan fingerprint density at radius 3 is 2.53 bits per heavy atom. The molecule has 0 aliphatic carbocycles. The molecule has 4 rings (SSSR count). The predicted octanol–water partition coefficient (Wildman–Crippen LogP) is 5.06. The van der Waals surface area contributed by atoms with Crippen molar-refractivity contribution in [1.29, 1.82) is 0 Å². The van der Waals surface area contributed by atoms with E-state index in [-0.39, 0.29) is 11.6 Å². The average Bonchev–Trinajstić information content (AvgIpc) is 3.32. The van der Waals surface area contributed by atoms with Crippen molar-refractivity contribution in [3.8, 4) is 11.4 Å². The molecule has 2 aromatic heterocycles. The Kier molecular flexibility index (Phi) is 4.86. The van der Waals surface area contributed by atoms with Gasteiger partial charge in [-0.2, -0.15) is 18.3 Å². The number of ether oxygens (including phenoxy) is 1. The van der Waals surface area contributed by atoms with Crippen molar-refractivity contribution >= 4 is 34.7 Å². The van der Waals surface area contributed by atoms with Crippen molar-refractivity contribution in [3.05, 3.63) is 65.4 Å². The molecule has 0 aliphatic rings. The van der Waals surface area contributed by atoms with Crippen molar-refractivity contribution in [3.63, 3.8) is 0 Å². The summed E-state index contributed by atoms with van der Waals surface area (Å²) in [7, 11) is 1.33. The van der Waals surface area contributed by atoms with Crippen LogP contribution in [0, 0.1) is 0 Å². The second-order valence-corrected chi connectivity index (χ2v) is 6.68. The number of para-hydroxylation sites is 2. The van der Waals surface area contributed by atoms with Crippen molar-refractivity contribution in [1.82, 2.24) is 19.7 Å². The van der Waals surface area contributed by atoms with Crippen molar-refractivity contribution in [2.24, 2.45) is 0 Å². The Morgan fingerprint density at radius 1 is 1.17 bits per heavy atom. The highest BCUT2D eigenvalue weighted by molar-refractivity contribution is 6.30. The van der Waals surface area contributed by atoms with Crippen molar-refractivity contribution < 1.29 is 22.7 Å². The lowest BCUT2D eigenvalue weighted by Crippen LogP contribution is -2.31. The molecule has 0 unspecified atom stereocenters. The van der Waals surface area contributed by atoms with E-state index >= 15 is 0 Å². The summed E-state index contributed by atoms with van der Waals surface area (Å²) in [5.41, 5.74) is 0.146. The maximum Gasteiger partial charge on any atom is 0.437 e. The fourth-order valence-corrected chi connectivity index (χ4v) is 2.92. The fraction of sp³-hybridized carbons (Fsp3) is 0.105.